The Labute approximate surface area is 148 Å². The minimum absolute atomic E-state index is 0.0416. The van der Waals surface area contributed by atoms with Gasteiger partial charge in [0.05, 0.1) is 24.2 Å². The van der Waals surface area contributed by atoms with Crippen molar-refractivity contribution < 1.29 is 9.21 Å². The van der Waals surface area contributed by atoms with Crippen LogP contribution in [0.4, 0.5) is 0 Å². The highest BCUT2D eigenvalue weighted by Crippen LogP contribution is 2.15. The van der Waals surface area contributed by atoms with Crippen LogP contribution in [0.1, 0.15) is 21.6 Å². The van der Waals surface area contributed by atoms with Crippen molar-refractivity contribution in [2.75, 3.05) is 0 Å². The predicted molar refractivity (Wildman–Crippen MR) is 95.9 cm³/mol. The van der Waals surface area contributed by atoms with Crippen LogP contribution in [0.2, 0.25) is 0 Å². The van der Waals surface area contributed by atoms with Gasteiger partial charge in [-0.1, -0.05) is 6.07 Å². The number of hydrogen-bond acceptors (Lipinski definition) is 4. The van der Waals surface area contributed by atoms with Crippen molar-refractivity contribution in [1.82, 2.24) is 19.7 Å². The minimum Gasteiger partial charge on any atom is -0.463 e. The smallest absolute Gasteiger partial charge is 0.261 e. The molecular weight excluding hydrogens is 332 g/mol. The molecule has 0 bridgehead atoms. The van der Waals surface area contributed by atoms with Gasteiger partial charge < -0.3 is 19.1 Å². The first-order valence-corrected chi connectivity index (χ1v) is 8.10. The number of amides is 1. The molecule has 0 fully saturated rings. The summed E-state index contributed by atoms with van der Waals surface area (Å²) in [6.45, 7) is 2.23. The van der Waals surface area contributed by atoms with Crippen LogP contribution in [0.5, 0.6) is 0 Å². The summed E-state index contributed by atoms with van der Waals surface area (Å²) in [4.78, 5) is 31.6. The second-order valence-electron chi connectivity index (χ2n) is 5.98. The Balaban J connectivity index is 1.50. The molecule has 7 heteroatoms. The van der Waals surface area contributed by atoms with E-state index >= 15 is 0 Å². The van der Waals surface area contributed by atoms with Gasteiger partial charge in [-0.3, -0.25) is 9.59 Å². The lowest BCUT2D eigenvalue weighted by atomic mass is 10.2. The maximum atomic E-state index is 12.3. The van der Waals surface area contributed by atoms with E-state index in [1.54, 1.807) is 18.2 Å². The molecule has 4 aromatic rings. The van der Waals surface area contributed by atoms with Gasteiger partial charge in [0.25, 0.3) is 11.5 Å². The first kappa shape index (κ1) is 15.9. The second kappa shape index (κ2) is 6.36. The zero-order valence-corrected chi connectivity index (χ0v) is 14.0. The monoisotopic (exact) mass is 348 g/mol. The molecular formula is C19H16N4O3. The van der Waals surface area contributed by atoms with Crippen LogP contribution in [-0.4, -0.2) is 20.3 Å². The molecule has 0 atom stereocenters. The Morgan fingerprint density at radius 2 is 2.12 bits per heavy atom. The summed E-state index contributed by atoms with van der Waals surface area (Å²) in [5.41, 5.74) is 2.73. The van der Waals surface area contributed by atoms with Gasteiger partial charge in [0, 0.05) is 12.4 Å². The van der Waals surface area contributed by atoms with Crippen molar-refractivity contribution in [2.24, 2.45) is 0 Å². The molecule has 4 rings (SSSR count). The molecule has 0 saturated carbocycles. The quantitative estimate of drug-likeness (QED) is 0.593. The zero-order valence-electron chi connectivity index (χ0n) is 14.0. The maximum Gasteiger partial charge on any atom is 0.261 e. The number of hydrogen-bond donors (Lipinski definition) is 2. The number of rotatable bonds is 4. The first-order chi connectivity index (χ1) is 12.6. The highest BCUT2D eigenvalue weighted by Gasteiger charge is 2.13. The summed E-state index contributed by atoms with van der Waals surface area (Å²) in [5, 5.41) is 2.73. The van der Waals surface area contributed by atoms with E-state index in [1.807, 2.05) is 35.9 Å². The molecule has 0 aliphatic heterocycles. The number of nitrogens with one attached hydrogen (secondary N) is 2. The molecule has 0 spiro atoms. The first-order valence-electron chi connectivity index (χ1n) is 8.10. The standard InChI is InChI=1S/C19H16N4O3/c1-12-4-7-17-21-13(11-23(17)10-12)9-20-18(24)14-5-6-15(22-19(14)25)16-3-2-8-26-16/h2-8,10-11H,9H2,1H3,(H,20,24)(H,22,25). The molecule has 26 heavy (non-hydrogen) atoms. The lowest BCUT2D eigenvalue weighted by Crippen LogP contribution is -2.29. The van der Waals surface area contributed by atoms with Crippen molar-refractivity contribution in [3.8, 4) is 11.5 Å². The molecule has 0 aliphatic rings. The fourth-order valence-electron chi connectivity index (χ4n) is 2.73. The van der Waals surface area contributed by atoms with Gasteiger partial charge in [-0.05, 0) is 42.8 Å². The van der Waals surface area contributed by atoms with E-state index < -0.39 is 11.5 Å². The Kier molecular flexibility index (Phi) is 3.89. The van der Waals surface area contributed by atoms with Crippen molar-refractivity contribution in [1.29, 1.82) is 0 Å². The number of aryl methyl sites for hydroxylation is 1. The highest BCUT2D eigenvalue weighted by molar-refractivity contribution is 5.93. The number of aromatic amines is 1. The largest absolute Gasteiger partial charge is 0.463 e. The summed E-state index contributed by atoms with van der Waals surface area (Å²) in [7, 11) is 0. The third-order valence-corrected chi connectivity index (χ3v) is 4.02. The number of imidazole rings is 1. The van der Waals surface area contributed by atoms with Gasteiger partial charge in [0.15, 0.2) is 0 Å². The van der Waals surface area contributed by atoms with Gasteiger partial charge in [-0.15, -0.1) is 0 Å². The molecule has 0 radical (unpaired) electrons. The molecule has 1 amide bonds. The molecule has 4 heterocycles. The number of aromatic nitrogens is 3. The van der Waals surface area contributed by atoms with E-state index in [4.69, 9.17) is 4.42 Å². The molecule has 0 aliphatic carbocycles. The van der Waals surface area contributed by atoms with Crippen LogP contribution in [-0.2, 0) is 6.54 Å². The molecule has 0 aromatic carbocycles. The van der Waals surface area contributed by atoms with Gasteiger partial charge in [0.2, 0.25) is 0 Å². The molecule has 0 saturated heterocycles. The van der Waals surface area contributed by atoms with Gasteiger partial charge >= 0.3 is 0 Å². The van der Waals surface area contributed by atoms with Crippen molar-refractivity contribution in [3.05, 3.63) is 82.2 Å². The number of nitrogens with zero attached hydrogens (tertiary/aromatic N) is 2. The van der Waals surface area contributed by atoms with Gasteiger partial charge in [0.1, 0.15) is 17.0 Å². The van der Waals surface area contributed by atoms with E-state index in [0.29, 0.717) is 17.1 Å². The number of carbonyl (C=O) groups is 1. The summed E-state index contributed by atoms with van der Waals surface area (Å²) < 4.78 is 7.14. The van der Waals surface area contributed by atoms with Crippen LogP contribution in [0, 0.1) is 6.92 Å². The zero-order chi connectivity index (χ0) is 18.1. The summed E-state index contributed by atoms with van der Waals surface area (Å²) in [5.74, 6) is 0.0829. The Morgan fingerprint density at radius 3 is 2.88 bits per heavy atom. The number of furan rings is 1. The van der Waals surface area contributed by atoms with Crippen LogP contribution < -0.4 is 10.9 Å². The van der Waals surface area contributed by atoms with Gasteiger partial charge in [-0.25, -0.2) is 4.98 Å². The van der Waals surface area contributed by atoms with E-state index in [-0.39, 0.29) is 12.1 Å². The number of fused-ring (bicyclic) bond motifs is 1. The third kappa shape index (κ3) is 3.02. The predicted octanol–water partition coefficient (Wildman–Crippen LogP) is 2.52. The summed E-state index contributed by atoms with van der Waals surface area (Å²) >= 11 is 0. The minimum atomic E-state index is -0.470. The lowest BCUT2D eigenvalue weighted by molar-refractivity contribution is 0.0949. The third-order valence-electron chi connectivity index (χ3n) is 4.02. The van der Waals surface area contributed by atoms with E-state index in [0.717, 1.165) is 11.2 Å². The van der Waals surface area contributed by atoms with Crippen molar-refractivity contribution in [3.63, 3.8) is 0 Å². The fourth-order valence-corrected chi connectivity index (χ4v) is 2.73. The lowest BCUT2D eigenvalue weighted by Gasteiger charge is -2.03. The van der Waals surface area contributed by atoms with Crippen LogP contribution in [0.25, 0.3) is 17.1 Å². The maximum absolute atomic E-state index is 12.3. The highest BCUT2D eigenvalue weighted by atomic mass is 16.3. The Hall–Kier alpha value is -3.61. The van der Waals surface area contributed by atoms with Crippen molar-refractivity contribution >= 4 is 11.6 Å². The molecule has 4 aromatic heterocycles. The molecule has 0 unspecified atom stereocenters. The van der Waals surface area contributed by atoms with Crippen LogP contribution in [0.15, 0.2) is 64.3 Å². The fraction of sp³-hybridized carbons (Fsp3) is 0.105. The van der Waals surface area contributed by atoms with Crippen LogP contribution in [0.3, 0.4) is 0 Å². The van der Waals surface area contributed by atoms with E-state index in [2.05, 4.69) is 15.3 Å². The summed E-state index contributed by atoms with van der Waals surface area (Å²) in [6.07, 6.45) is 5.34. The topological polar surface area (TPSA) is 92.4 Å². The number of carbonyl (C=O) groups excluding carboxylic acids is 1. The van der Waals surface area contributed by atoms with Gasteiger partial charge in [-0.2, -0.15) is 0 Å². The SMILES string of the molecule is Cc1ccc2nc(CNC(=O)c3ccc(-c4ccco4)[nH]c3=O)cn2c1. The van der Waals surface area contributed by atoms with E-state index in [9.17, 15) is 9.59 Å². The average Bonchev–Trinajstić information content (AvgIpc) is 3.28. The molecule has 130 valence electrons. The number of pyridine rings is 2. The van der Waals surface area contributed by atoms with Crippen LogP contribution >= 0.6 is 0 Å². The molecule has 2 N–H and O–H groups in total. The summed E-state index contributed by atoms with van der Waals surface area (Å²) in [6, 6.07) is 10.5. The van der Waals surface area contributed by atoms with Crippen molar-refractivity contribution in [2.45, 2.75) is 13.5 Å². The average molecular weight is 348 g/mol. The number of H-pyrrole nitrogens is 1. The Bertz CT molecular complexity index is 1140. The molecule has 7 nitrogen and oxygen atoms in total. The van der Waals surface area contributed by atoms with E-state index in [1.165, 1.54) is 12.3 Å². The Morgan fingerprint density at radius 1 is 1.23 bits per heavy atom. The normalized spacial score (nSPS) is 11.0. The second-order valence-corrected chi connectivity index (χ2v) is 5.98.